The van der Waals surface area contributed by atoms with Gasteiger partial charge in [0.25, 0.3) is 5.91 Å². The summed E-state index contributed by atoms with van der Waals surface area (Å²) in [5.41, 5.74) is 4.61. The van der Waals surface area contributed by atoms with Crippen LogP contribution in [0.3, 0.4) is 0 Å². The lowest BCUT2D eigenvalue weighted by Crippen LogP contribution is -2.13. The van der Waals surface area contributed by atoms with E-state index in [0.717, 1.165) is 16.7 Å². The van der Waals surface area contributed by atoms with E-state index < -0.39 is 5.91 Å². The van der Waals surface area contributed by atoms with Crippen molar-refractivity contribution in [1.82, 2.24) is 0 Å². The highest BCUT2D eigenvalue weighted by molar-refractivity contribution is 6.09. The Hall–Kier alpha value is -3.84. The van der Waals surface area contributed by atoms with Crippen molar-refractivity contribution in [3.8, 4) is 11.8 Å². The fraction of sp³-hybridized carbons (Fsp3) is 0.120. The Morgan fingerprint density at radius 2 is 1.72 bits per heavy atom. The maximum atomic E-state index is 12.6. The van der Waals surface area contributed by atoms with Crippen LogP contribution >= 0.6 is 0 Å². The zero-order valence-electron chi connectivity index (χ0n) is 16.5. The van der Waals surface area contributed by atoms with Crippen LogP contribution in [0.4, 0.5) is 5.69 Å². The number of amides is 1. The monoisotopic (exact) mass is 382 g/mol. The minimum atomic E-state index is -0.450. The molecule has 0 unspecified atom stereocenters. The van der Waals surface area contributed by atoms with Crippen LogP contribution in [0.2, 0.25) is 0 Å². The maximum Gasteiger partial charge on any atom is 0.266 e. The van der Waals surface area contributed by atoms with Gasteiger partial charge in [-0.25, -0.2) is 0 Å². The molecule has 0 bridgehead atoms. The number of nitrogens with zero attached hydrogens (tertiary/aromatic N) is 1. The molecule has 0 saturated carbocycles. The normalized spacial score (nSPS) is 10.9. The molecule has 4 heteroatoms. The molecule has 0 fully saturated rings. The third-order valence-electron chi connectivity index (χ3n) is 4.59. The predicted molar refractivity (Wildman–Crippen MR) is 115 cm³/mol. The van der Waals surface area contributed by atoms with Gasteiger partial charge in [-0.2, -0.15) is 5.26 Å². The molecule has 1 N–H and O–H groups in total. The Kier molecular flexibility index (Phi) is 6.44. The van der Waals surface area contributed by atoms with Gasteiger partial charge in [-0.1, -0.05) is 54.6 Å². The first kappa shape index (κ1) is 19.9. The molecule has 0 atom stereocenters. The van der Waals surface area contributed by atoms with Crippen LogP contribution in [0.25, 0.3) is 6.08 Å². The molecule has 0 heterocycles. The van der Waals surface area contributed by atoms with Gasteiger partial charge in [0.05, 0.1) is 0 Å². The molecule has 3 aromatic carbocycles. The first-order valence-corrected chi connectivity index (χ1v) is 9.33. The molecule has 0 aliphatic heterocycles. The summed E-state index contributed by atoms with van der Waals surface area (Å²) in [5, 5.41) is 12.3. The van der Waals surface area contributed by atoms with E-state index in [9.17, 15) is 10.1 Å². The Morgan fingerprint density at radius 3 is 2.45 bits per heavy atom. The summed E-state index contributed by atoms with van der Waals surface area (Å²) in [5.74, 6) is 0.164. The number of ether oxygens (including phenoxy) is 1. The van der Waals surface area contributed by atoms with E-state index in [1.54, 1.807) is 6.08 Å². The highest BCUT2D eigenvalue weighted by Crippen LogP contribution is 2.23. The topological polar surface area (TPSA) is 62.1 Å². The van der Waals surface area contributed by atoms with Crippen LogP contribution in [-0.4, -0.2) is 5.91 Å². The van der Waals surface area contributed by atoms with Crippen molar-refractivity contribution >= 4 is 17.7 Å². The lowest BCUT2D eigenvalue weighted by molar-refractivity contribution is -0.112. The van der Waals surface area contributed by atoms with Crippen LogP contribution < -0.4 is 10.1 Å². The minimum absolute atomic E-state index is 0.0130. The van der Waals surface area contributed by atoms with E-state index in [2.05, 4.69) is 5.32 Å². The van der Waals surface area contributed by atoms with Crippen LogP contribution in [-0.2, 0) is 11.4 Å². The largest absolute Gasteiger partial charge is 0.488 e. The van der Waals surface area contributed by atoms with E-state index in [-0.39, 0.29) is 5.57 Å². The van der Waals surface area contributed by atoms with Gasteiger partial charge >= 0.3 is 0 Å². The molecule has 3 rings (SSSR count). The quantitative estimate of drug-likeness (QED) is 0.457. The van der Waals surface area contributed by atoms with Crippen LogP contribution in [0, 0.1) is 25.2 Å². The Morgan fingerprint density at radius 1 is 1.00 bits per heavy atom. The van der Waals surface area contributed by atoms with Crippen LogP contribution in [0.15, 0.2) is 78.4 Å². The third kappa shape index (κ3) is 5.33. The van der Waals surface area contributed by atoms with Gasteiger partial charge in [0.1, 0.15) is 24.0 Å². The molecule has 0 aliphatic rings. The number of rotatable bonds is 6. The molecule has 0 aliphatic carbocycles. The minimum Gasteiger partial charge on any atom is -0.488 e. The first-order chi connectivity index (χ1) is 14.1. The zero-order valence-corrected chi connectivity index (χ0v) is 16.5. The molecule has 0 radical (unpaired) electrons. The SMILES string of the molecule is Cc1ccc(NC(=O)/C(C#N)=C/c2ccccc2OCc2ccccc2)cc1C. The fourth-order valence-electron chi connectivity index (χ4n) is 2.79. The molecule has 3 aromatic rings. The molecule has 0 saturated heterocycles. The lowest BCUT2D eigenvalue weighted by atomic mass is 10.1. The summed E-state index contributed by atoms with van der Waals surface area (Å²) < 4.78 is 5.91. The van der Waals surface area contributed by atoms with E-state index in [1.807, 2.05) is 92.7 Å². The summed E-state index contributed by atoms with van der Waals surface area (Å²) in [7, 11) is 0. The number of anilines is 1. The molecular weight excluding hydrogens is 360 g/mol. The second-order valence-electron chi connectivity index (χ2n) is 6.74. The van der Waals surface area contributed by atoms with Gasteiger partial charge in [0, 0.05) is 11.3 Å². The smallest absolute Gasteiger partial charge is 0.266 e. The summed E-state index contributed by atoms with van der Waals surface area (Å²) in [6, 6.07) is 24.8. The number of hydrogen-bond donors (Lipinski definition) is 1. The summed E-state index contributed by atoms with van der Waals surface area (Å²) in [4.78, 5) is 12.6. The number of hydrogen-bond acceptors (Lipinski definition) is 3. The third-order valence-corrected chi connectivity index (χ3v) is 4.59. The van der Waals surface area contributed by atoms with E-state index in [1.165, 1.54) is 0 Å². The number of aryl methyl sites for hydroxylation is 2. The first-order valence-electron chi connectivity index (χ1n) is 9.33. The molecule has 144 valence electrons. The highest BCUT2D eigenvalue weighted by Gasteiger charge is 2.12. The van der Waals surface area contributed by atoms with Gasteiger partial charge in [0.2, 0.25) is 0 Å². The second-order valence-corrected chi connectivity index (χ2v) is 6.74. The molecular formula is C25H22N2O2. The zero-order chi connectivity index (χ0) is 20.6. The Bertz CT molecular complexity index is 1080. The Balaban J connectivity index is 1.78. The number of carbonyl (C=O) groups is 1. The van der Waals surface area contributed by atoms with Gasteiger partial charge < -0.3 is 10.1 Å². The number of nitrogens with one attached hydrogen (secondary N) is 1. The number of nitriles is 1. The average molecular weight is 382 g/mol. The van der Waals surface area contributed by atoms with Gasteiger partial charge in [-0.3, -0.25) is 4.79 Å². The summed E-state index contributed by atoms with van der Waals surface area (Å²) in [6.07, 6.45) is 1.55. The molecule has 0 aromatic heterocycles. The second kappa shape index (κ2) is 9.38. The molecule has 0 spiro atoms. The van der Waals surface area contributed by atoms with E-state index >= 15 is 0 Å². The van der Waals surface area contributed by atoms with Gasteiger partial charge in [0.15, 0.2) is 0 Å². The lowest BCUT2D eigenvalue weighted by Gasteiger charge is -2.10. The average Bonchev–Trinajstić information content (AvgIpc) is 2.74. The Labute approximate surface area is 171 Å². The number of benzene rings is 3. The molecule has 1 amide bonds. The standard InChI is InChI=1S/C25H22N2O2/c1-18-12-13-23(14-19(18)2)27-25(28)22(16-26)15-21-10-6-7-11-24(21)29-17-20-8-4-3-5-9-20/h3-15H,17H2,1-2H3,(H,27,28)/b22-15+. The van der Waals surface area contributed by atoms with Crippen molar-refractivity contribution in [2.24, 2.45) is 0 Å². The summed E-state index contributed by atoms with van der Waals surface area (Å²) >= 11 is 0. The van der Waals surface area contributed by atoms with E-state index in [4.69, 9.17) is 4.74 Å². The van der Waals surface area contributed by atoms with Crippen molar-refractivity contribution in [3.05, 3.63) is 101 Å². The van der Waals surface area contributed by atoms with Gasteiger partial charge in [-0.15, -0.1) is 0 Å². The van der Waals surface area contributed by atoms with Crippen LogP contribution in [0.5, 0.6) is 5.75 Å². The van der Waals surface area contributed by atoms with Gasteiger partial charge in [-0.05, 0) is 54.8 Å². The van der Waals surface area contributed by atoms with Crippen molar-refractivity contribution in [1.29, 1.82) is 5.26 Å². The summed E-state index contributed by atoms with van der Waals surface area (Å²) in [6.45, 7) is 4.39. The van der Waals surface area contributed by atoms with Crippen molar-refractivity contribution in [2.45, 2.75) is 20.5 Å². The van der Waals surface area contributed by atoms with Crippen molar-refractivity contribution in [3.63, 3.8) is 0 Å². The van der Waals surface area contributed by atoms with Crippen molar-refractivity contribution in [2.75, 3.05) is 5.32 Å². The number of carbonyl (C=O) groups excluding carboxylic acids is 1. The number of para-hydroxylation sites is 1. The van der Waals surface area contributed by atoms with Crippen molar-refractivity contribution < 1.29 is 9.53 Å². The predicted octanol–water partition coefficient (Wildman–Crippen LogP) is 5.43. The van der Waals surface area contributed by atoms with Crippen LogP contribution in [0.1, 0.15) is 22.3 Å². The maximum absolute atomic E-state index is 12.6. The van der Waals surface area contributed by atoms with E-state index in [0.29, 0.717) is 23.6 Å². The highest BCUT2D eigenvalue weighted by atomic mass is 16.5. The molecule has 4 nitrogen and oxygen atoms in total. The fourth-order valence-corrected chi connectivity index (χ4v) is 2.79. The molecule has 29 heavy (non-hydrogen) atoms.